The van der Waals surface area contributed by atoms with Crippen molar-refractivity contribution in [3.05, 3.63) is 75.7 Å². The van der Waals surface area contributed by atoms with Crippen LogP contribution in [0.4, 0.5) is 13.2 Å². The van der Waals surface area contributed by atoms with E-state index in [1.807, 2.05) is 25.1 Å². The first kappa shape index (κ1) is 27.0. The first-order valence-electron chi connectivity index (χ1n) is 13.5. The lowest BCUT2D eigenvalue weighted by molar-refractivity contribution is -0.907. The molecular formula is C30H33F3N3O3+. The van der Waals surface area contributed by atoms with Crippen molar-refractivity contribution >= 4 is 11.6 Å². The summed E-state index contributed by atoms with van der Waals surface area (Å²) >= 11 is 0. The lowest BCUT2D eigenvalue weighted by Gasteiger charge is -2.31. The number of aromatic hydroxyl groups is 1. The molecule has 2 aromatic carbocycles. The molecule has 2 aliphatic rings. The Balaban J connectivity index is 1.66. The summed E-state index contributed by atoms with van der Waals surface area (Å²) in [6.45, 7) is 7.49. The number of allylic oxidation sites excluding steroid dienone is 1. The van der Waals surface area contributed by atoms with Crippen LogP contribution in [0.3, 0.4) is 0 Å². The zero-order valence-corrected chi connectivity index (χ0v) is 22.1. The third kappa shape index (κ3) is 5.88. The molecule has 6 nitrogen and oxygen atoms in total. The van der Waals surface area contributed by atoms with Gasteiger partial charge in [-0.05, 0) is 73.6 Å². The summed E-state index contributed by atoms with van der Waals surface area (Å²) in [6, 6.07) is 12.7. The number of phenolic OH excluding ortho intramolecular Hbond substituents is 1. The minimum Gasteiger partial charge on any atom is -0.508 e. The topological polar surface area (TPSA) is 68.8 Å². The first-order valence-corrected chi connectivity index (χ1v) is 13.5. The Morgan fingerprint density at radius 2 is 1.90 bits per heavy atom. The van der Waals surface area contributed by atoms with Gasteiger partial charge in [0.2, 0.25) is 0 Å². The van der Waals surface area contributed by atoms with Gasteiger partial charge >= 0.3 is 6.36 Å². The number of quaternary nitrogens is 1. The highest BCUT2D eigenvalue weighted by atomic mass is 19.4. The number of hydrogen-bond donors (Lipinski definition) is 2. The Kier molecular flexibility index (Phi) is 7.53. The number of nitrogens with zero attached hydrogens (tertiary/aromatic N) is 2. The summed E-state index contributed by atoms with van der Waals surface area (Å²) < 4.78 is 45.8. The molecule has 3 unspecified atom stereocenters. The number of para-hydroxylation sites is 1. The molecule has 1 saturated heterocycles. The van der Waals surface area contributed by atoms with Crippen LogP contribution in [0.25, 0.3) is 23.0 Å². The van der Waals surface area contributed by atoms with Crippen LogP contribution in [0, 0.1) is 11.8 Å². The average molecular weight is 541 g/mol. The summed E-state index contributed by atoms with van der Waals surface area (Å²) in [6.07, 6.45) is -0.579. The molecule has 206 valence electrons. The van der Waals surface area contributed by atoms with Gasteiger partial charge < -0.3 is 14.7 Å². The van der Waals surface area contributed by atoms with E-state index in [9.17, 15) is 23.1 Å². The molecule has 1 fully saturated rings. The van der Waals surface area contributed by atoms with Gasteiger partial charge in [0.15, 0.2) is 0 Å². The molecule has 1 aliphatic heterocycles. The quantitative estimate of drug-likeness (QED) is 0.481. The molecule has 3 aromatic rings. The minimum atomic E-state index is -4.87. The lowest BCUT2D eigenvalue weighted by Crippen LogP contribution is -3.13. The Bertz CT molecular complexity index is 1430. The number of phenols is 1. The molecule has 0 amide bonds. The number of benzene rings is 2. The van der Waals surface area contributed by atoms with Crippen molar-refractivity contribution in [2.45, 2.75) is 46.0 Å². The number of alkyl halides is 3. The molecule has 2 N–H and O–H groups in total. The number of hydrogen-bond acceptors (Lipinski definition) is 4. The van der Waals surface area contributed by atoms with Crippen molar-refractivity contribution in [1.29, 1.82) is 0 Å². The van der Waals surface area contributed by atoms with Gasteiger partial charge in [0, 0.05) is 12.5 Å². The lowest BCUT2D eigenvalue weighted by atomic mass is 9.83. The number of halogens is 3. The van der Waals surface area contributed by atoms with E-state index >= 15 is 0 Å². The Hall–Kier alpha value is -3.59. The molecule has 3 atom stereocenters. The predicted molar refractivity (Wildman–Crippen MR) is 143 cm³/mol. The van der Waals surface area contributed by atoms with Crippen LogP contribution in [0.5, 0.6) is 11.5 Å². The number of fused-ring (bicyclic) bond motifs is 1. The van der Waals surface area contributed by atoms with E-state index in [1.165, 1.54) is 23.1 Å². The van der Waals surface area contributed by atoms with Gasteiger partial charge in [-0.3, -0.25) is 9.36 Å². The van der Waals surface area contributed by atoms with E-state index in [2.05, 4.69) is 11.7 Å². The number of likely N-dealkylation sites (tertiary alicyclic amines) is 1. The number of ether oxygens (including phenoxy) is 1. The van der Waals surface area contributed by atoms with Gasteiger partial charge in [0.05, 0.1) is 36.5 Å². The van der Waals surface area contributed by atoms with E-state index in [4.69, 9.17) is 4.98 Å². The number of aromatic nitrogens is 2. The SMILES string of the molecule is CC[NH+]1CCCC(Cn2c(-c3ccccc3OC(F)(F)F)nc3c(c2=O)C=C(c2ccc(O)cc2)C(C)C3)C1. The van der Waals surface area contributed by atoms with Crippen molar-refractivity contribution < 1.29 is 27.9 Å². The van der Waals surface area contributed by atoms with Crippen molar-refractivity contribution in [1.82, 2.24) is 9.55 Å². The fraction of sp³-hybridized carbons (Fsp3) is 0.400. The van der Waals surface area contributed by atoms with E-state index < -0.39 is 6.36 Å². The third-order valence-electron chi connectivity index (χ3n) is 7.83. The highest BCUT2D eigenvalue weighted by Gasteiger charge is 2.34. The number of piperidine rings is 1. The number of nitrogens with one attached hydrogen (secondary N) is 1. The van der Waals surface area contributed by atoms with Crippen LogP contribution in [0.1, 0.15) is 43.5 Å². The Labute approximate surface area is 225 Å². The second-order valence-electron chi connectivity index (χ2n) is 10.6. The Morgan fingerprint density at radius 1 is 1.15 bits per heavy atom. The molecule has 1 aliphatic carbocycles. The minimum absolute atomic E-state index is 0.0133. The average Bonchev–Trinajstić information content (AvgIpc) is 2.90. The van der Waals surface area contributed by atoms with E-state index in [-0.39, 0.29) is 40.3 Å². The third-order valence-corrected chi connectivity index (χ3v) is 7.83. The standard InChI is InChI=1S/C30H32F3N3O3/c1-3-35-14-6-7-20(17-35)18-36-28(23-8-4-5-9-27(23)39-30(31,32)33)34-26-15-19(2)24(16-25(26)29(36)38)21-10-12-22(37)13-11-21/h4-5,8-13,16,19-20,37H,3,6-7,14-15,17-18H2,1-2H3/p+1. The van der Waals surface area contributed by atoms with Crippen molar-refractivity contribution in [3.63, 3.8) is 0 Å². The summed E-state index contributed by atoms with van der Waals surface area (Å²) in [5.74, 6) is 0.200. The van der Waals surface area contributed by atoms with Gasteiger partial charge in [0.25, 0.3) is 5.56 Å². The summed E-state index contributed by atoms with van der Waals surface area (Å²) in [5, 5.41) is 9.72. The van der Waals surface area contributed by atoms with Crippen LogP contribution in [0.2, 0.25) is 0 Å². The molecular weight excluding hydrogens is 507 g/mol. The fourth-order valence-corrected chi connectivity index (χ4v) is 5.86. The van der Waals surface area contributed by atoms with Gasteiger partial charge in [-0.2, -0.15) is 0 Å². The van der Waals surface area contributed by atoms with Crippen LogP contribution in [0.15, 0.2) is 53.3 Å². The fourth-order valence-electron chi connectivity index (χ4n) is 5.86. The summed E-state index contributed by atoms with van der Waals surface area (Å²) in [5.41, 5.74) is 2.77. The van der Waals surface area contributed by atoms with Crippen LogP contribution >= 0.6 is 0 Å². The van der Waals surface area contributed by atoms with Crippen molar-refractivity contribution in [2.24, 2.45) is 11.8 Å². The molecule has 0 spiro atoms. The van der Waals surface area contributed by atoms with Crippen molar-refractivity contribution in [3.8, 4) is 22.9 Å². The van der Waals surface area contributed by atoms with Crippen LogP contribution in [-0.2, 0) is 13.0 Å². The van der Waals surface area contributed by atoms with E-state index in [0.29, 0.717) is 24.2 Å². The van der Waals surface area contributed by atoms with E-state index in [0.717, 1.165) is 43.6 Å². The zero-order valence-electron chi connectivity index (χ0n) is 22.1. The monoisotopic (exact) mass is 540 g/mol. The molecule has 0 bridgehead atoms. The normalized spacial score (nSPS) is 21.3. The summed E-state index contributed by atoms with van der Waals surface area (Å²) in [4.78, 5) is 20.4. The highest BCUT2D eigenvalue weighted by molar-refractivity contribution is 5.85. The van der Waals surface area contributed by atoms with Gasteiger partial charge in [-0.1, -0.05) is 31.2 Å². The maximum absolute atomic E-state index is 14.1. The van der Waals surface area contributed by atoms with E-state index in [1.54, 1.807) is 22.8 Å². The molecule has 9 heteroatoms. The molecule has 1 aromatic heterocycles. The van der Waals surface area contributed by atoms with Gasteiger partial charge in [-0.25, -0.2) is 4.98 Å². The van der Waals surface area contributed by atoms with Crippen LogP contribution < -0.4 is 15.2 Å². The largest absolute Gasteiger partial charge is 0.573 e. The molecule has 2 heterocycles. The van der Waals surface area contributed by atoms with Crippen LogP contribution in [-0.4, -0.2) is 40.7 Å². The number of rotatable bonds is 6. The Morgan fingerprint density at radius 3 is 2.62 bits per heavy atom. The zero-order chi connectivity index (χ0) is 27.7. The second kappa shape index (κ2) is 10.9. The van der Waals surface area contributed by atoms with Crippen molar-refractivity contribution in [2.75, 3.05) is 19.6 Å². The van der Waals surface area contributed by atoms with Gasteiger partial charge in [0.1, 0.15) is 17.3 Å². The predicted octanol–water partition coefficient (Wildman–Crippen LogP) is 4.56. The second-order valence-corrected chi connectivity index (χ2v) is 10.6. The smallest absolute Gasteiger partial charge is 0.508 e. The van der Waals surface area contributed by atoms with Gasteiger partial charge in [-0.15, -0.1) is 13.2 Å². The highest BCUT2D eigenvalue weighted by Crippen LogP contribution is 2.37. The summed E-state index contributed by atoms with van der Waals surface area (Å²) in [7, 11) is 0. The maximum Gasteiger partial charge on any atom is 0.573 e. The molecule has 5 rings (SSSR count). The molecule has 0 radical (unpaired) electrons. The molecule has 39 heavy (non-hydrogen) atoms. The maximum atomic E-state index is 14.1. The first-order chi connectivity index (χ1) is 18.6. The molecule has 0 saturated carbocycles.